The summed E-state index contributed by atoms with van der Waals surface area (Å²) < 4.78 is 15.7. The first kappa shape index (κ1) is 69.7. The molecule has 4 atom stereocenters. The summed E-state index contributed by atoms with van der Waals surface area (Å²) in [5, 5.41) is 20.4. The van der Waals surface area contributed by atoms with Gasteiger partial charge in [0, 0.05) is 85.4 Å². The monoisotopic (exact) mass is 1350 g/mol. The number of ether oxygens (including phenoxy) is 2. The molecule has 0 saturated heterocycles. The molecule has 0 spiro atoms. The number of imide groups is 3. The zero-order valence-electron chi connectivity index (χ0n) is 56.0. The fourth-order valence-corrected chi connectivity index (χ4v) is 16.8. The van der Waals surface area contributed by atoms with Crippen LogP contribution in [0.3, 0.4) is 0 Å². The van der Waals surface area contributed by atoms with Crippen LogP contribution in [0.1, 0.15) is 137 Å². The number of nitrogens with zero attached hydrogens (tertiary/aromatic N) is 9. The number of urea groups is 1. The standard InChI is InChI=1S/C72H83N13O12S/c1-43(2)60(74)64(91)84(67(94)85(55(62(75)89)14-12-27-73)59(88)16-8-7-11-28-82-57(86)25-26-58(82)87)48-21-17-45(18-22-48)35-96-68(95)81(6)29-30-97-72-39-69(4)36-70(5,40-72)38-71(37-69,41-72)42-83-44(3)51(34-77-83)49-23-24-53(78-61(49)65(92)93)46-19-20-47-32-76-33-52(50(47)31-46)63(90)80-66-79-54-13-9-10-15-56(54)98-66/h9-10,13,15,17-26,31-34,43,55,60H,7-8,11-12,14,16,27-30,35-42,73-74H2,1-6H3,(H2,75,89)(H,92,93)(H,79,80,90)/t55-,60-,69?,70?,71?,72?/m0/s1. The van der Waals surface area contributed by atoms with Crippen molar-refractivity contribution in [3.63, 3.8) is 0 Å². The third-order valence-electron chi connectivity index (χ3n) is 19.5. The summed E-state index contributed by atoms with van der Waals surface area (Å²) in [6, 6.07) is 18.9. The number of hydrogen-bond donors (Lipinski definition) is 5. The Morgan fingerprint density at radius 2 is 1.55 bits per heavy atom. The van der Waals surface area contributed by atoms with Gasteiger partial charge in [-0.25, -0.2) is 29.3 Å². The number of nitrogens with one attached hydrogen (secondary N) is 1. The summed E-state index contributed by atoms with van der Waals surface area (Å²) in [5.41, 5.74) is 21.7. The van der Waals surface area contributed by atoms with Gasteiger partial charge in [0.1, 0.15) is 12.6 Å². The number of unbranched alkanes of at least 4 members (excludes halogenated alkanes) is 2. The first-order valence-electron chi connectivity index (χ1n) is 33.1. The number of carbonyl (C=O) groups is 9. The van der Waals surface area contributed by atoms with Crippen LogP contribution in [0.4, 0.5) is 20.4 Å². The molecule has 3 aromatic carbocycles. The molecule has 12 rings (SSSR count). The summed E-state index contributed by atoms with van der Waals surface area (Å²) in [6.07, 6.45) is 13.0. The second-order valence-electron chi connectivity index (χ2n) is 27.9. The minimum Gasteiger partial charge on any atom is -0.476 e. The minimum atomic E-state index is -1.46. The number of aromatic carboxylic acids is 1. The van der Waals surface area contributed by atoms with Crippen LogP contribution in [0.15, 0.2) is 110 Å². The van der Waals surface area contributed by atoms with E-state index in [0.717, 1.165) is 69.6 Å². The number of carboxylic acids is 1. The fraction of sp³-hybridized carbons (Fsp3) is 0.431. The molecule has 4 aliphatic carbocycles. The predicted octanol–water partition coefficient (Wildman–Crippen LogP) is 9.78. The van der Waals surface area contributed by atoms with Crippen LogP contribution in [-0.4, -0.2) is 149 Å². The first-order valence-corrected chi connectivity index (χ1v) is 33.9. The molecule has 4 aromatic heterocycles. The molecular formula is C72H83N13O12S. The van der Waals surface area contributed by atoms with Crippen LogP contribution in [-0.2, 0) is 46.6 Å². The predicted molar refractivity (Wildman–Crippen MR) is 368 cm³/mol. The number of nitrogens with two attached hydrogens (primary N) is 3. The molecule has 4 bridgehead atoms. The van der Waals surface area contributed by atoms with Crippen LogP contribution in [0, 0.1) is 29.1 Å². The number of aromatic nitrogens is 5. The van der Waals surface area contributed by atoms with Crippen molar-refractivity contribution in [1.82, 2.24) is 39.4 Å². The van der Waals surface area contributed by atoms with E-state index in [4.69, 9.17) is 36.8 Å². The quantitative estimate of drug-likeness (QED) is 0.0236. The van der Waals surface area contributed by atoms with E-state index in [2.05, 4.69) is 29.1 Å². The number of carboxylic acid groups (broad SMARTS) is 1. The number of carbonyl (C=O) groups excluding carboxylic acids is 8. The Kier molecular flexibility index (Phi) is 20.2. The van der Waals surface area contributed by atoms with E-state index < -0.39 is 71.2 Å². The van der Waals surface area contributed by atoms with Crippen molar-refractivity contribution in [2.75, 3.05) is 43.5 Å². The lowest BCUT2D eigenvalue weighted by molar-refractivity contribution is -0.248. The Morgan fingerprint density at radius 1 is 0.827 bits per heavy atom. The Hall–Kier alpha value is -9.63. The molecule has 8 N–H and O–H groups in total. The molecular weight excluding hydrogens is 1270 g/mol. The number of fused-ring (bicyclic) bond motifs is 2. The highest BCUT2D eigenvalue weighted by atomic mass is 32.1. The van der Waals surface area contributed by atoms with Gasteiger partial charge in [-0.2, -0.15) is 5.10 Å². The van der Waals surface area contributed by atoms with E-state index in [1.165, 1.54) is 46.7 Å². The van der Waals surface area contributed by atoms with Gasteiger partial charge in [-0.3, -0.25) is 53.5 Å². The van der Waals surface area contributed by atoms with Gasteiger partial charge in [0.15, 0.2) is 10.8 Å². The maximum absolute atomic E-state index is 14.8. The van der Waals surface area contributed by atoms with E-state index in [1.807, 2.05) is 54.1 Å². The van der Waals surface area contributed by atoms with E-state index in [0.29, 0.717) is 68.3 Å². The van der Waals surface area contributed by atoms with Gasteiger partial charge in [0.25, 0.3) is 23.6 Å². The van der Waals surface area contributed by atoms with Crippen LogP contribution < -0.4 is 27.4 Å². The van der Waals surface area contributed by atoms with E-state index in [9.17, 15) is 48.3 Å². The second kappa shape index (κ2) is 28.4. The SMILES string of the molecule is Cc1c(-c2ccc(-c3ccc4cncc(C(=O)Nc5nc6ccccc6s5)c4c3)nc2C(=O)O)cnn1CC12CC3(C)CC(C)(C1)CC(OCCN(C)C(=O)OCc1ccc(N(C(=O)[C@@H](N)C(C)C)C(=O)N(C(=O)CCCCCN4C(=O)C=CC4=O)[C@@H](CCCN)C(N)=O)cc1)(C3)C2. The van der Waals surface area contributed by atoms with Gasteiger partial charge in [0.05, 0.1) is 51.6 Å². The molecule has 4 saturated carbocycles. The first-order chi connectivity index (χ1) is 46.7. The molecule has 9 amide bonds. The zero-order valence-corrected chi connectivity index (χ0v) is 56.8. The van der Waals surface area contributed by atoms with Crippen molar-refractivity contribution in [3.05, 3.63) is 132 Å². The molecule has 4 fully saturated rings. The van der Waals surface area contributed by atoms with Gasteiger partial charge in [-0.15, -0.1) is 0 Å². The van der Waals surface area contributed by atoms with Crippen molar-refractivity contribution in [2.24, 2.45) is 39.4 Å². The summed E-state index contributed by atoms with van der Waals surface area (Å²) in [6.45, 7) is 11.2. The maximum Gasteiger partial charge on any atom is 0.409 e. The summed E-state index contributed by atoms with van der Waals surface area (Å²) in [5.74, 6) is -5.49. The van der Waals surface area contributed by atoms with Crippen LogP contribution >= 0.6 is 11.3 Å². The van der Waals surface area contributed by atoms with E-state index in [1.54, 1.807) is 57.6 Å². The Bertz CT molecular complexity index is 4250. The third kappa shape index (κ3) is 14.8. The highest BCUT2D eigenvalue weighted by molar-refractivity contribution is 7.22. The Balaban J connectivity index is 0.727. The van der Waals surface area contributed by atoms with Crippen LogP contribution in [0.5, 0.6) is 0 Å². The number of rotatable bonds is 27. The molecule has 1 aliphatic heterocycles. The molecule has 98 heavy (non-hydrogen) atoms. The number of primary amides is 1. The van der Waals surface area contributed by atoms with Crippen LogP contribution in [0.2, 0.25) is 0 Å². The van der Waals surface area contributed by atoms with Crippen molar-refractivity contribution in [1.29, 1.82) is 0 Å². The second-order valence-corrected chi connectivity index (χ2v) is 29.0. The van der Waals surface area contributed by atoms with Crippen molar-refractivity contribution >= 4 is 96.7 Å². The molecule has 26 heteroatoms. The lowest BCUT2D eigenvalue weighted by atomic mass is 9.39. The number of anilines is 2. The van der Waals surface area contributed by atoms with E-state index in [-0.39, 0.29) is 92.1 Å². The Morgan fingerprint density at radius 3 is 2.23 bits per heavy atom. The van der Waals surface area contributed by atoms with Gasteiger partial charge < -0.3 is 36.7 Å². The number of hydrogen-bond acceptors (Lipinski definition) is 18. The lowest BCUT2D eigenvalue weighted by Crippen LogP contribution is -2.64. The normalized spacial score (nSPS) is 20.6. The van der Waals surface area contributed by atoms with Gasteiger partial charge in [-0.1, -0.05) is 81.9 Å². The highest BCUT2D eigenvalue weighted by Crippen LogP contribution is 2.72. The highest BCUT2D eigenvalue weighted by Gasteiger charge is 2.66. The minimum absolute atomic E-state index is 0.0287. The van der Waals surface area contributed by atoms with Crippen LogP contribution in [0.25, 0.3) is 43.4 Å². The number of amides is 9. The number of pyridine rings is 2. The topological polar surface area (TPSA) is 352 Å². The number of thiazole rings is 1. The van der Waals surface area contributed by atoms with Crippen molar-refractivity contribution in [2.45, 2.75) is 143 Å². The van der Waals surface area contributed by atoms with Crippen molar-refractivity contribution in [3.8, 4) is 22.4 Å². The Labute approximate surface area is 571 Å². The summed E-state index contributed by atoms with van der Waals surface area (Å²) >= 11 is 1.37. The van der Waals surface area contributed by atoms with E-state index >= 15 is 0 Å². The molecule has 2 unspecified atom stereocenters. The molecule has 0 radical (unpaired) electrons. The summed E-state index contributed by atoms with van der Waals surface area (Å²) in [4.78, 5) is 138. The molecule has 25 nitrogen and oxygen atoms in total. The zero-order chi connectivity index (χ0) is 70.0. The molecule has 5 heterocycles. The van der Waals surface area contributed by atoms with Gasteiger partial charge in [0.2, 0.25) is 11.8 Å². The maximum atomic E-state index is 14.8. The lowest BCUT2D eigenvalue weighted by Gasteiger charge is -2.69. The fourth-order valence-electron chi connectivity index (χ4n) is 15.9. The third-order valence-corrected chi connectivity index (χ3v) is 20.5. The molecule has 5 aliphatic rings. The summed E-state index contributed by atoms with van der Waals surface area (Å²) in [7, 11) is 1.63. The smallest absolute Gasteiger partial charge is 0.409 e. The number of benzene rings is 3. The average molecular weight is 1350 g/mol. The van der Waals surface area contributed by atoms with Crippen molar-refractivity contribution < 1.29 is 57.7 Å². The molecule has 514 valence electrons. The molecule has 7 aromatic rings. The number of para-hydroxylation sites is 1. The number of likely N-dealkylation sites (N-methyl/N-ethyl adjacent to an activating group) is 1. The van der Waals surface area contributed by atoms with Gasteiger partial charge in [-0.05, 0) is 153 Å². The van der Waals surface area contributed by atoms with Gasteiger partial charge >= 0.3 is 18.1 Å². The average Bonchev–Trinajstić information content (AvgIpc) is 1.67. The largest absolute Gasteiger partial charge is 0.476 e.